The molecule has 0 N–H and O–H groups in total. The van der Waals surface area contributed by atoms with Crippen LogP contribution < -0.4 is 0 Å². The van der Waals surface area contributed by atoms with Gasteiger partial charge in [-0.15, -0.1) is 0 Å². The Morgan fingerprint density at radius 2 is 1.71 bits per heavy atom. The Balaban J connectivity index is 2.23. The molecule has 0 unspecified atom stereocenters. The van der Waals surface area contributed by atoms with Crippen molar-refractivity contribution in [2.45, 2.75) is 32.6 Å². The lowest BCUT2D eigenvalue weighted by Gasteiger charge is -2.19. The molecule has 0 saturated carbocycles. The third kappa shape index (κ3) is 3.13. The molecule has 0 bridgehead atoms. The normalized spacial score (nSPS) is 11.5. The fourth-order valence-corrected chi connectivity index (χ4v) is 1.73. The summed E-state index contributed by atoms with van der Waals surface area (Å²) in [5.74, 6) is 0. The van der Waals surface area contributed by atoms with Crippen molar-refractivity contribution in [1.29, 1.82) is 0 Å². The maximum absolute atomic E-state index is 4.41. The quantitative estimate of drug-likeness (QED) is 0.784. The summed E-state index contributed by atoms with van der Waals surface area (Å²) in [6, 6.07) is 10.2. The first-order valence-electron chi connectivity index (χ1n) is 5.91. The Morgan fingerprint density at radius 3 is 2.35 bits per heavy atom. The fraction of sp³-hybridized carbons (Fsp3) is 0.333. The Hall–Kier alpha value is -1.70. The molecule has 0 spiro atoms. The summed E-state index contributed by atoms with van der Waals surface area (Å²) in [6.07, 6.45) is 4.51. The van der Waals surface area contributed by atoms with Crippen LogP contribution >= 0.6 is 0 Å². The van der Waals surface area contributed by atoms with Crippen LogP contribution in [0.3, 0.4) is 0 Å². The molecule has 0 atom stereocenters. The predicted molar refractivity (Wildman–Crippen MR) is 70.0 cm³/mol. The van der Waals surface area contributed by atoms with E-state index in [9.17, 15) is 0 Å². The van der Waals surface area contributed by atoms with E-state index in [1.165, 1.54) is 5.56 Å². The lowest BCUT2D eigenvalue weighted by Crippen LogP contribution is -2.12. The van der Waals surface area contributed by atoms with Gasteiger partial charge in [0, 0.05) is 30.2 Å². The number of aromatic nitrogens is 2. The highest BCUT2D eigenvalue weighted by Gasteiger charge is 2.14. The number of hydrogen-bond acceptors (Lipinski definition) is 2. The van der Waals surface area contributed by atoms with Gasteiger partial charge in [-0.1, -0.05) is 26.8 Å². The Bertz CT molecular complexity index is 484. The van der Waals surface area contributed by atoms with E-state index in [1.54, 1.807) is 0 Å². The molecule has 0 fully saturated rings. The van der Waals surface area contributed by atoms with Gasteiger partial charge in [0.05, 0.1) is 0 Å². The SMILES string of the molecule is CC(C)(C)c1ccnc(Cc2ccccn2)c1. The number of rotatable bonds is 2. The van der Waals surface area contributed by atoms with E-state index in [4.69, 9.17) is 0 Å². The summed E-state index contributed by atoms with van der Waals surface area (Å²) < 4.78 is 0. The van der Waals surface area contributed by atoms with Crippen molar-refractivity contribution in [1.82, 2.24) is 9.97 Å². The Morgan fingerprint density at radius 1 is 0.941 bits per heavy atom. The highest BCUT2D eigenvalue weighted by Crippen LogP contribution is 2.22. The highest BCUT2D eigenvalue weighted by atomic mass is 14.7. The van der Waals surface area contributed by atoms with Crippen molar-refractivity contribution in [3.05, 3.63) is 59.7 Å². The van der Waals surface area contributed by atoms with Crippen LogP contribution in [0, 0.1) is 0 Å². The second-order valence-corrected chi connectivity index (χ2v) is 5.28. The number of nitrogens with zero attached hydrogens (tertiary/aromatic N) is 2. The maximum atomic E-state index is 4.41. The summed E-state index contributed by atoms with van der Waals surface area (Å²) >= 11 is 0. The monoisotopic (exact) mass is 226 g/mol. The first-order chi connectivity index (χ1) is 8.05. The predicted octanol–water partition coefficient (Wildman–Crippen LogP) is 3.36. The third-order valence-electron chi connectivity index (χ3n) is 2.77. The molecule has 17 heavy (non-hydrogen) atoms. The van der Waals surface area contributed by atoms with E-state index >= 15 is 0 Å². The van der Waals surface area contributed by atoms with Crippen LogP contribution in [0.5, 0.6) is 0 Å². The van der Waals surface area contributed by atoms with E-state index < -0.39 is 0 Å². The molecular weight excluding hydrogens is 208 g/mol. The topological polar surface area (TPSA) is 25.8 Å². The molecule has 0 saturated heterocycles. The van der Waals surface area contributed by atoms with Crippen LogP contribution in [0.2, 0.25) is 0 Å². The maximum Gasteiger partial charge on any atom is 0.0466 e. The van der Waals surface area contributed by atoms with Gasteiger partial charge < -0.3 is 0 Å². The molecule has 2 heteroatoms. The zero-order valence-electron chi connectivity index (χ0n) is 10.6. The molecule has 0 aliphatic rings. The van der Waals surface area contributed by atoms with Crippen molar-refractivity contribution in [3.8, 4) is 0 Å². The van der Waals surface area contributed by atoms with E-state index in [1.807, 2.05) is 30.6 Å². The van der Waals surface area contributed by atoms with Crippen molar-refractivity contribution in [2.75, 3.05) is 0 Å². The van der Waals surface area contributed by atoms with Gasteiger partial charge in [-0.3, -0.25) is 9.97 Å². The Kier molecular flexibility index (Phi) is 3.23. The molecule has 2 rings (SSSR count). The molecule has 2 aromatic heterocycles. The second-order valence-electron chi connectivity index (χ2n) is 5.28. The van der Waals surface area contributed by atoms with E-state index in [0.717, 1.165) is 17.8 Å². The molecular formula is C15H18N2. The van der Waals surface area contributed by atoms with Gasteiger partial charge in [0.1, 0.15) is 0 Å². The summed E-state index contributed by atoms with van der Waals surface area (Å²) in [6.45, 7) is 6.65. The molecule has 2 aromatic rings. The van der Waals surface area contributed by atoms with E-state index in [0.29, 0.717) is 0 Å². The second kappa shape index (κ2) is 4.66. The summed E-state index contributed by atoms with van der Waals surface area (Å²) in [5, 5.41) is 0. The van der Waals surface area contributed by atoms with Gasteiger partial charge in [-0.2, -0.15) is 0 Å². The first kappa shape index (κ1) is 11.8. The zero-order valence-corrected chi connectivity index (χ0v) is 10.6. The first-order valence-corrected chi connectivity index (χ1v) is 5.91. The van der Waals surface area contributed by atoms with Crippen molar-refractivity contribution < 1.29 is 0 Å². The van der Waals surface area contributed by atoms with Gasteiger partial charge in [0.15, 0.2) is 0 Å². The van der Waals surface area contributed by atoms with Crippen LogP contribution in [0.4, 0.5) is 0 Å². The molecule has 2 heterocycles. The summed E-state index contributed by atoms with van der Waals surface area (Å²) in [4.78, 5) is 8.73. The molecule has 0 aliphatic carbocycles. The number of hydrogen-bond donors (Lipinski definition) is 0. The minimum Gasteiger partial charge on any atom is -0.261 e. The summed E-state index contributed by atoms with van der Waals surface area (Å²) in [5.41, 5.74) is 3.63. The minimum absolute atomic E-state index is 0.168. The van der Waals surface area contributed by atoms with Crippen LogP contribution in [0.15, 0.2) is 42.7 Å². The minimum atomic E-state index is 0.168. The fourth-order valence-electron chi connectivity index (χ4n) is 1.73. The molecule has 0 radical (unpaired) electrons. The average Bonchev–Trinajstić information content (AvgIpc) is 2.29. The van der Waals surface area contributed by atoms with Gasteiger partial charge in [-0.25, -0.2) is 0 Å². The van der Waals surface area contributed by atoms with Gasteiger partial charge in [0.25, 0.3) is 0 Å². The molecule has 2 nitrogen and oxygen atoms in total. The van der Waals surface area contributed by atoms with Gasteiger partial charge in [0.2, 0.25) is 0 Å². The molecule has 0 aliphatic heterocycles. The van der Waals surface area contributed by atoms with Gasteiger partial charge >= 0.3 is 0 Å². The molecule has 88 valence electrons. The largest absolute Gasteiger partial charge is 0.261 e. The van der Waals surface area contributed by atoms with Crippen molar-refractivity contribution in [2.24, 2.45) is 0 Å². The number of pyridine rings is 2. The van der Waals surface area contributed by atoms with E-state index in [2.05, 4.69) is 42.9 Å². The third-order valence-corrected chi connectivity index (χ3v) is 2.77. The standard InChI is InChI=1S/C15H18N2/c1-15(2,3)12-7-9-17-14(10-12)11-13-6-4-5-8-16-13/h4-10H,11H2,1-3H3. The average molecular weight is 226 g/mol. The zero-order chi connectivity index (χ0) is 12.3. The van der Waals surface area contributed by atoms with Crippen molar-refractivity contribution >= 4 is 0 Å². The van der Waals surface area contributed by atoms with Crippen LogP contribution in [0.1, 0.15) is 37.7 Å². The molecule has 0 amide bonds. The van der Waals surface area contributed by atoms with Crippen LogP contribution in [-0.4, -0.2) is 9.97 Å². The van der Waals surface area contributed by atoms with Gasteiger partial charge in [-0.05, 0) is 35.2 Å². The van der Waals surface area contributed by atoms with Crippen LogP contribution in [0.25, 0.3) is 0 Å². The lowest BCUT2D eigenvalue weighted by atomic mass is 9.87. The van der Waals surface area contributed by atoms with E-state index in [-0.39, 0.29) is 5.41 Å². The summed E-state index contributed by atoms with van der Waals surface area (Å²) in [7, 11) is 0. The van der Waals surface area contributed by atoms with Crippen LogP contribution in [-0.2, 0) is 11.8 Å². The Labute approximate surface area is 103 Å². The molecule has 0 aromatic carbocycles. The highest BCUT2D eigenvalue weighted by molar-refractivity contribution is 5.25. The lowest BCUT2D eigenvalue weighted by molar-refractivity contribution is 0.588. The smallest absolute Gasteiger partial charge is 0.0466 e. The van der Waals surface area contributed by atoms with Crippen molar-refractivity contribution in [3.63, 3.8) is 0 Å².